The van der Waals surface area contributed by atoms with E-state index in [1.165, 1.54) is 25.6 Å². The SMILES string of the molecule is O=C(Cc1cn2ccsc2n1)Nc1cc(N2CCCCC2)ncn1. The van der Waals surface area contributed by atoms with Crippen LogP contribution in [0.25, 0.3) is 4.96 Å². The van der Waals surface area contributed by atoms with Gasteiger partial charge in [0.15, 0.2) is 4.96 Å². The van der Waals surface area contributed by atoms with E-state index < -0.39 is 0 Å². The van der Waals surface area contributed by atoms with Crippen molar-refractivity contribution in [2.24, 2.45) is 0 Å². The molecule has 8 heteroatoms. The van der Waals surface area contributed by atoms with E-state index in [0.717, 1.165) is 29.6 Å². The third-order valence-corrected chi connectivity index (χ3v) is 4.86. The second-order valence-electron chi connectivity index (χ2n) is 5.86. The summed E-state index contributed by atoms with van der Waals surface area (Å²) in [6.45, 7) is 2.02. The van der Waals surface area contributed by atoms with E-state index in [0.29, 0.717) is 5.82 Å². The number of nitrogens with zero attached hydrogens (tertiary/aromatic N) is 5. The van der Waals surface area contributed by atoms with Crippen LogP contribution < -0.4 is 10.2 Å². The second kappa shape index (κ2) is 6.56. The van der Waals surface area contributed by atoms with E-state index in [1.54, 1.807) is 11.3 Å². The monoisotopic (exact) mass is 342 g/mol. The number of thiazole rings is 1. The predicted octanol–water partition coefficient (Wildman–Crippen LogP) is 2.36. The molecule has 3 aromatic heterocycles. The summed E-state index contributed by atoms with van der Waals surface area (Å²) in [5, 5.41) is 4.81. The number of hydrogen-bond acceptors (Lipinski definition) is 6. The topological polar surface area (TPSA) is 75.4 Å². The van der Waals surface area contributed by atoms with Crippen molar-refractivity contribution in [2.75, 3.05) is 23.3 Å². The molecule has 0 aliphatic carbocycles. The van der Waals surface area contributed by atoms with Crippen LogP contribution in [-0.2, 0) is 11.2 Å². The Morgan fingerprint density at radius 1 is 1.25 bits per heavy atom. The number of imidazole rings is 1. The maximum atomic E-state index is 12.2. The molecule has 124 valence electrons. The van der Waals surface area contributed by atoms with Gasteiger partial charge in [-0.3, -0.25) is 9.20 Å². The Kier molecular flexibility index (Phi) is 4.12. The Bertz CT molecular complexity index is 823. The molecule has 1 N–H and O–H groups in total. The highest BCUT2D eigenvalue weighted by atomic mass is 32.1. The lowest BCUT2D eigenvalue weighted by molar-refractivity contribution is -0.115. The van der Waals surface area contributed by atoms with Crippen molar-refractivity contribution in [3.05, 3.63) is 35.9 Å². The van der Waals surface area contributed by atoms with E-state index in [9.17, 15) is 4.79 Å². The second-order valence-corrected chi connectivity index (χ2v) is 6.73. The summed E-state index contributed by atoms with van der Waals surface area (Å²) in [4.78, 5) is 28.3. The molecular formula is C16H18N6OS. The summed E-state index contributed by atoms with van der Waals surface area (Å²) in [6, 6.07) is 1.84. The summed E-state index contributed by atoms with van der Waals surface area (Å²) >= 11 is 1.55. The van der Waals surface area contributed by atoms with Crippen LogP contribution in [0, 0.1) is 0 Å². The molecule has 1 aliphatic rings. The molecular weight excluding hydrogens is 324 g/mol. The number of hydrogen-bond donors (Lipinski definition) is 1. The first-order chi connectivity index (χ1) is 11.8. The molecule has 0 spiro atoms. The van der Waals surface area contributed by atoms with Gasteiger partial charge in [-0.15, -0.1) is 11.3 Å². The van der Waals surface area contributed by atoms with Gasteiger partial charge < -0.3 is 10.2 Å². The third-order valence-electron chi connectivity index (χ3n) is 4.09. The summed E-state index contributed by atoms with van der Waals surface area (Å²) in [5.41, 5.74) is 0.754. The lowest BCUT2D eigenvalue weighted by atomic mass is 10.1. The van der Waals surface area contributed by atoms with Gasteiger partial charge in [0.25, 0.3) is 0 Å². The van der Waals surface area contributed by atoms with Crippen molar-refractivity contribution in [3.8, 4) is 0 Å². The normalized spacial score (nSPS) is 14.9. The molecule has 1 amide bonds. The van der Waals surface area contributed by atoms with Gasteiger partial charge in [0, 0.05) is 36.9 Å². The van der Waals surface area contributed by atoms with Crippen LogP contribution in [0.1, 0.15) is 25.0 Å². The Balaban J connectivity index is 1.42. The van der Waals surface area contributed by atoms with Crippen molar-refractivity contribution < 1.29 is 4.79 Å². The van der Waals surface area contributed by atoms with E-state index in [2.05, 4.69) is 25.2 Å². The van der Waals surface area contributed by atoms with Gasteiger partial charge in [0.05, 0.1) is 12.1 Å². The molecule has 0 saturated carbocycles. The van der Waals surface area contributed by atoms with Gasteiger partial charge >= 0.3 is 0 Å². The third kappa shape index (κ3) is 3.23. The summed E-state index contributed by atoms with van der Waals surface area (Å²) in [6.07, 6.45) is 9.19. The van der Waals surface area contributed by atoms with Crippen LogP contribution in [0.3, 0.4) is 0 Å². The summed E-state index contributed by atoms with van der Waals surface area (Å²) in [5.74, 6) is 1.29. The number of carbonyl (C=O) groups excluding carboxylic acids is 1. The molecule has 7 nitrogen and oxygen atoms in total. The molecule has 0 unspecified atom stereocenters. The minimum Gasteiger partial charge on any atom is -0.356 e. The fourth-order valence-corrected chi connectivity index (χ4v) is 3.64. The highest BCUT2D eigenvalue weighted by Gasteiger charge is 2.14. The number of anilines is 2. The molecule has 4 rings (SSSR count). The minimum atomic E-state index is -0.121. The number of carbonyl (C=O) groups is 1. The largest absolute Gasteiger partial charge is 0.356 e. The van der Waals surface area contributed by atoms with Gasteiger partial charge in [-0.2, -0.15) is 0 Å². The molecule has 0 atom stereocenters. The molecule has 3 aromatic rings. The molecule has 1 aliphatic heterocycles. The lowest BCUT2D eigenvalue weighted by Gasteiger charge is -2.27. The first kappa shape index (κ1) is 15.1. The van der Waals surface area contributed by atoms with Crippen LogP contribution in [0.4, 0.5) is 11.6 Å². The van der Waals surface area contributed by atoms with Crippen LogP contribution >= 0.6 is 11.3 Å². The quantitative estimate of drug-likeness (QED) is 0.788. The van der Waals surface area contributed by atoms with Crippen molar-refractivity contribution >= 4 is 33.8 Å². The molecule has 24 heavy (non-hydrogen) atoms. The van der Waals surface area contributed by atoms with E-state index >= 15 is 0 Å². The Labute approximate surface area is 143 Å². The highest BCUT2D eigenvalue weighted by Crippen LogP contribution is 2.19. The van der Waals surface area contributed by atoms with Crippen molar-refractivity contribution in [1.29, 1.82) is 0 Å². The fourth-order valence-electron chi connectivity index (χ4n) is 2.92. The standard InChI is InChI=1S/C16H18N6OS/c23-15(8-12-10-22-6-7-24-16(22)19-12)20-13-9-14(18-11-17-13)21-4-2-1-3-5-21/h6-7,9-11H,1-5,8H2,(H,17,18,20,23). The number of aromatic nitrogens is 4. The maximum Gasteiger partial charge on any atom is 0.231 e. The zero-order valence-electron chi connectivity index (χ0n) is 13.2. The first-order valence-corrected chi connectivity index (χ1v) is 8.94. The Morgan fingerprint density at radius 3 is 2.96 bits per heavy atom. The number of amides is 1. The van der Waals surface area contributed by atoms with Crippen molar-refractivity contribution in [2.45, 2.75) is 25.7 Å². The van der Waals surface area contributed by atoms with Crippen LogP contribution in [0.15, 0.2) is 30.2 Å². The number of fused-ring (bicyclic) bond motifs is 1. The van der Waals surface area contributed by atoms with Gasteiger partial charge in [-0.25, -0.2) is 15.0 Å². The Morgan fingerprint density at radius 2 is 2.12 bits per heavy atom. The average Bonchev–Trinajstić information content (AvgIpc) is 3.17. The molecule has 4 heterocycles. The Hall–Kier alpha value is -2.48. The molecule has 0 aromatic carbocycles. The molecule has 0 radical (unpaired) electrons. The summed E-state index contributed by atoms with van der Waals surface area (Å²) < 4.78 is 1.92. The van der Waals surface area contributed by atoms with Gasteiger partial charge in [-0.05, 0) is 19.3 Å². The lowest BCUT2D eigenvalue weighted by Crippen LogP contribution is -2.30. The van der Waals surface area contributed by atoms with Gasteiger partial charge in [-0.1, -0.05) is 0 Å². The van der Waals surface area contributed by atoms with E-state index in [1.807, 2.05) is 28.2 Å². The van der Waals surface area contributed by atoms with Gasteiger partial charge in [0.1, 0.15) is 18.0 Å². The zero-order valence-corrected chi connectivity index (χ0v) is 14.0. The van der Waals surface area contributed by atoms with E-state index in [4.69, 9.17) is 0 Å². The smallest absolute Gasteiger partial charge is 0.231 e. The first-order valence-electron chi connectivity index (χ1n) is 8.06. The highest BCUT2D eigenvalue weighted by molar-refractivity contribution is 7.15. The minimum absolute atomic E-state index is 0.121. The van der Waals surface area contributed by atoms with Crippen molar-refractivity contribution in [1.82, 2.24) is 19.4 Å². The number of rotatable bonds is 4. The predicted molar refractivity (Wildman–Crippen MR) is 93.5 cm³/mol. The van der Waals surface area contributed by atoms with Crippen LogP contribution in [0.5, 0.6) is 0 Å². The van der Waals surface area contributed by atoms with Crippen LogP contribution in [-0.4, -0.2) is 38.3 Å². The molecule has 0 bridgehead atoms. The van der Waals surface area contributed by atoms with Crippen molar-refractivity contribution in [3.63, 3.8) is 0 Å². The van der Waals surface area contributed by atoms with E-state index in [-0.39, 0.29) is 12.3 Å². The number of piperidine rings is 1. The summed E-state index contributed by atoms with van der Waals surface area (Å²) in [7, 11) is 0. The molecule has 1 saturated heterocycles. The average molecular weight is 342 g/mol. The number of nitrogens with one attached hydrogen (secondary N) is 1. The zero-order chi connectivity index (χ0) is 16.4. The maximum absolute atomic E-state index is 12.2. The molecule has 1 fully saturated rings. The fraction of sp³-hybridized carbons (Fsp3) is 0.375. The van der Waals surface area contributed by atoms with Gasteiger partial charge in [0.2, 0.25) is 5.91 Å². The van der Waals surface area contributed by atoms with Crippen LogP contribution in [0.2, 0.25) is 0 Å².